The van der Waals surface area contributed by atoms with Crippen molar-refractivity contribution in [3.8, 4) is 0 Å². The van der Waals surface area contributed by atoms with E-state index in [4.69, 9.17) is 5.41 Å². The number of fused-ring (bicyclic) bond motifs is 1. The van der Waals surface area contributed by atoms with Gasteiger partial charge in [-0.3, -0.25) is 0 Å². The van der Waals surface area contributed by atoms with E-state index in [2.05, 4.69) is 107 Å². The van der Waals surface area contributed by atoms with Crippen molar-refractivity contribution in [3.05, 3.63) is 94.7 Å². The molecule has 2 nitrogen and oxygen atoms in total. The van der Waals surface area contributed by atoms with E-state index in [9.17, 15) is 0 Å². The predicted molar refractivity (Wildman–Crippen MR) is 246 cm³/mol. The van der Waals surface area contributed by atoms with Gasteiger partial charge in [-0.2, -0.15) is 0 Å². The maximum Gasteiger partial charge on any atom is 0.0253 e. The zero-order valence-corrected chi connectivity index (χ0v) is 36.9. The molecule has 0 aliphatic heterocycles. The monoisotopic (exact) mass is 761 g/mol. The summed E-state index contributed by atoms with van der Waals surface area (Å²) in [6.45, 7) is 13.3. The highest BCUT2D eigenvalue weighted by atomic mass is 14.9. The van der Waals surface area contributed by atoms with Gasteiger partial charge in [0.25, 0.3) is 0 Å². The Hall–Kier alpha value is -2.45. The molecule has 0 aromatic carbocycles. The summed E-state index contributed by atoms with van der Waals surface area (Å²) in [5.41, 5.74) is 8.31. The molecule has 0 radical (unpaired) electrons. The Morgan fingerprint density at radius 2 is 1.70 bits per heavy atom. The highest BCUT2D eigenvalue weighted by molar-refractivity contribution is 5.58. The van der Waals surface area contributed by atoms with Crippen molar-refractivity contribution in [1.82, 2.24) is 5.32 Å². The van der Waals surface area contributed by atoms with Crippen LogP contribution in [0.2, 0.25) is 0 Å². The van der Waals surface area contributed by atoms with Crippen LogP contribution in [0.25, 0.3) is 0 Å². The third kappa shape index (κ3) is 13.6. The third-order valence-corrected chi connectivity index (χ3v) is 14.8. The van der Waals surface area contributed by atoms with E-state index in [1.54, 1.807) is 27.9 Å². The maximum absolute atomic E-state index is 8.55. The molecular weight excluding hydrogens is 677 g/mol. The Bertz CT molecular complexity index is 1440. The minimum atomic E-state index is 0.369. The molecule has 2 heteroatoms. The lowest BCUT2D eigenvalue weighted by molar-refractivity contribution is 0.263. The second-order valence-electron chi connectivity index (χ2n) is 18.9. The van der Waals surface area contributed by atoms with Crippen LogP contribution in [-0.2, 0) is 0 Å². The van der Waals surface area contributed by atoms with Crippen LogP contribution in [0.3, 0.4) is 0 Å². The van der Waals surface area contributed by atoms with E-state index in [-0.39, 0.29) is 0 Å². The fraction of sp³-hybridized carbons (Fsp3) is 0.685. The van der Waals surface area contributed by atoms with Crippen LogP contribution in [-0.4, -0.2) is 18.8 Å². The highest BCUT2D eigenvalue weighted by Gasteiger charge is 2.35. The molecular formula is C54H84N2. The Morgan fingerprint density at radius 3 is 2.41 bits per heavy atom. The molecule has 310 valence electrons. The predicted octanol–water partition coefficient (Wildman–Crippen LogP) is 15.6. The topological polar surface area (TPSA) is 35.9 Å². The van der Waals surface area contributed by atoms with E-state index in [0.717, 1.165) is 31.2 Å². The van der Waals surface area contributed by atoms with Crippen LogP contribution in [0, 0.1) is 52.8 Å². The van der Waals surface area contributed by atoms with Crippen molar-refractivity contribution < 1.29 is 0 Å². The Labute approximate surface area is 346 Å². The number of rotatable bonds is 23. The molecule has 0 spiro atoms. The lowest BCUT2D eigenvalue weighted by atomic mass is 9.65. The number of unbranched alkanes of at least 4 members (excludes halogenated alkanes) is 2. The standard InChI is InChI=1S/C54H84N2/c1-6-8-12-22-44(7-2)23-21-28-47(39-55)52-36-35-51(53-31-19-20-32-54(52)53)41(3)33-34-48(40-56-50-29-17-11-18-30-50)43(5)38-49(46-26-15-10-16-27-46)37-42(4)45-24-13-9-14-25-45/h15,17,19-20,22,24,26,29,31-32,34,39,41-43,46-47,49-50,52,54-56H,6-14,16,18,21,23,25,27-28,30,33,35-38,40H2,1-5H3/b44-22+,48-34+,55-39?. The fourth-order valence-corrected chi connectivity index (χ4v) is 11.2. The molecule has 5 aliphatic rings. The van der Waals surface area contributed by atoms with Crippen molar-refractivity contribution >= 4 is 6.21 Å². The molecule has 0 amide bonds. The quantitative estimate of drug-likeness (QED) is 0.0607. The van der Waals surface area contributed by atoms with Crippen molar-refractivity contribution in [2.24, 2.45) is 47.3 Å². The van der Waals surface area contributed by atoms with E-state index >= 15 is 0 Å². The van der Waals surface area contributed by atoms with Gasteiger partial charge in [0.05, 0.1) is 0 Å². The molecule has 0 heterocycles. The molecule has 0 saturated carbocycles. The number of allylic oxidation sites excluding steroid dienone is 14. The zero-order valence-electron chi connectivity index (χ0n) is 36.9. The normalized spacial score (nSPS) is 27.1. The van der Waals surface area contributed by atoms with Crippen LogP contribution in [0.4, 0.5) is 0 Å². The van der Waals surface area contributed by atoms with Gasteiger partial charge in [-0.05, 0) is 182 Å². The zero-order chi connectivity index (χ0) is 39.5. The molecule has 0 saturated heterocycles. The smallest absolute Gasteiger partial charge is 0.0253 e. The first-order chi connectivity index (χ1) is 27.4. The average Bonchev–Trinajstić information content (AvgIpc) is 3.25. The Kier molecular flexibility index (Phi) is 19.5. The number of nitrogens with one attached hydrogen (secondary N) is 2. The van der Waals surface area contributed by atoms with Crippen LogP contribution < -0.4 is 5.32 Å². The summed E-state index contributed by atoms with van der Waals surface area (Å²) in [5.74, 6) is 4.69. The van der Waals surface area contributed by atoms with Gasteiger partial charge in [0.1, 0.15) is 0 Å². The van der Waals surface area contributed by atoms with E-state index in [1.807, 2.05) is 6.21 Å². The summed E-state index contributed by atoms with van der Waals surface area (Å²) in [4.78, 5) is 0. The van der Waals surface area contributed by atoms with Crippen molar-refractivity contribution in [1.29, 1.82) is 5.41 Å². The van der Waals surface area contributed by atoms with Crippen LogP contribution in [0.1, 0.15) is 176 Å². The Morgan fingerprint density at radius 1 is 0.857 bits per heavy atom. The van der Waals surface area contributed by atoms with Crippen molar-refractivity contribution in [3.63, 3.8) is 0 Å². The molecule has 0 bridgehead atoms. The molecule has 2 N–H and O–H groups in total. The van der Waals surface area contributed by atoms with Gasteiger partial charge in [0.15, 0.2) is 0 Å². The fourth-order valence-electron chi connectivity index (χ4n) is 11.2. The van der Waals surface area contributed by atoms with E-state index in [0.29, 0.717) is 41.5 Å². The highest BCUT2D eigenvalue weighted by Crippen LogP contribution is 2.46. The summed E-state index contributed by atoms with van der Waals surface area (Å²) < 4.78 is 0. The van der Waals surface area contributed by atoms with E-state index < -0.39 is 0 Å². The summed E-state index contributed by atoms with van der Waals surface area (Å²) in [6, 6.07) is 0.514. The summed E-state index contributed by atoms with van der Waals surface area (Å²) in [5, 5.41) is 12.6. The van der Waals surface area contributed by atoms with Gasteiger partial charge in [-0.1, -0.05) is 137 Å². The first kappa shape index (κ1) is 44.6. The molecule has 56 heavy (non-hydrogen) atoms. The van der Waals surface area contributed by atoms with Gasteiger partial charge in [0, 0.05) is 18.5 Å². The second kappa shape index (κ2) is 24.5. The molecule has 5 rings (SSSR count). The SMILES string of the molecule is CCCC/C=C(\CC)CCCC(C=N)C1CCC(C(C)C/C=C(\CNC2C=CCCC2)C(C)CC(CC(C)C2=CCCCC2)C2C=CCCC2)=C2C=CC=CC21. The minimum absolute atomic E-state index is 0.369. The third-order valence-electron chi connectivity index (χ3n) is 14.8. The molecule has 0 aromatic rings. The van der Waals surface area contributed by atoms with E-state index in [1.165, 1.54) is 128 Å². The maximum atomic E-state index is 8.55. The first-order valence-electron chi connectivity index (χ1n) is 24.1. The second-order valence-corrected chi connectivity index (χ2v) is 18.9. The van der Waals surface area contributed by atoms with Gasteiger partial charge in [-0.15, -0.1) is 0 Å². The van der Waals surface area contributed by atoms with Gasteiger partial charge in [0.2, 0.25) is 0 Å². The lowest BCUT2D eigenvalue weighted by Crippen LogP contribution is -2.32. The molecule has 0 fully saturated rings. The molecule has 0 aromatic heterocycles. The largest absolute Gasteiger partial charge is 0.313 e. The van der Waals surface area contributed by atoms with Crippen molar-refractivity contribution in [2.75, 3.05) is 6.54 Å². The van der Waals surface area contributed by atoms with Crippen LogP contribution in [0.5, 0.6) is 0 Å². The minimum Gasteiger partial charge on any atom is -0.313 e. The number of hydrogen-bond acceptors (Lipinski definition) is 2. The summed E-state index contributed by atoms with van der Waals surface area (Å²) in [7, 11) is 0. The van der Waals surface area contributed by atoms with Crippen molar-refractivity contribution in [2.45, 2.75) is 182 Å². The van der Waals surface area contributed by atoms with Gasteiger partial charge < -0.3 is 10.7 Å². The van der Waals surface area contributed by atoms with Crippen LogP contribution >= 0.6 is 0 Å². The van der Waals surface area contributed by atoms with Gasteiger partial charge in [-0.25, -0.2) is 0 Å². The van der Waals surface area contributed by atoms with Crippen LogP contribution in [0.15, 0.2) is 94.7 Å². The lowest BCUT2D eigenvalue weighted by Gasteiger charge is -2.39. The summed E-state index contributed by atoms with van der Waals surface area (Å²) >= 11 is 0. The molecule has 5 aliphatic carbocycles. The average molecular weight is 761 g/mol. The van der Waals surface area contributed by atoms with Gasteiger partial charge >= 0.3 is 0 Å². The number of hydrogen-bond donors (Lipinski definition) is 2. The summed E-state index contributed by atoms with van der Waals surface area (Å²) in [6.07, 6.45) is 57.0. The molecule has 9 atom stereocenters. The molecule has 9 unspecified atom stereocenters. The first-order valence-corrected chi connectivity index (χ1v) is 24.1. The Balaban J connectivity index is 1.29.